The molecular weight excluding hydrogens is 383 g/mol. The number of nitriles is 1. The van der Waals surface area contributed by atoms with Crippen LogP contribution in [0.15, 0.2) is 36.4 Å². The lowest BCUT2D eigenvalue weighted by Gasteiger charge is -2.36. The van der Waals surface area contributed by atoms with Crippen LogP contribution in [0.5, 0.6) is 0 Å². The Balaban J connectivity index is 1.56. The smallest absolute Gasteiger partial charge is 0.238 e. The third kappa shape index (κ3) is 4.92. The highest BCUT2D eigenvalue weighted by molar-refractivity contribution is 6.31. The number of amides is 1. The molecular formula is C20H20Cl2N4O. The molecule has 0 radical (unpaired) electrons. The predicted molar refractivity (Wildman–Crippen MR) is 110 cm³/mol. The van der Waals surface area contributed by atoms with Crippen LogP contribution in [0.2, 0.25) is 10.0 Å². The second-order valence-corrected chi connectivity index (χ2v) is 7.42. The number of hydrogen-bond donors (Lipinski definition) is 1. The molecule has 0 unspecified atom stereocenters. The number of nitrogens with one attached hydrogen (secondary N) is 1. The van der Waals surface area contributed by atoms with E-state index in [9.17, 15) is 4.79 Å². The monoisotopic (exact) mass is 402 g/mol. The summed E-state index contributed by atoms with van der Waals surface area (Å²) in [6.45, 7) is 5.56. The summed E-state index contributed by atoms with van der Waals surface area (Å²) in [7, 11) is 0. The maximum atomic E-state index is 12.4. The van der Waals surface area contributed by atoms with E-state index in [2.05, 4.69) is 28.1 Å². The maximum Gasteiger partial charge on any atom is 0.238 e. The summed E-state index contributed by atoms with van der Waals surface area (Å²) < 4.78 is 0. The van der Waals surface area contributed by atoms with Crippen LogP contribution in [0.4, 0.5) is 11.4 Å². The van der Waals surface area contributed by atoms with Crippen molar-refractivity contribution in [1.82, 2.24) is 4.90 Å². The minimum Gasteiger partial charge on any atom is -0.369 e. The molecule has 5 nitrogen and oxygen atoms in total. The van der Waals surface area contributed by atoms with Crippen LogP contribution in [-0.4, -0.2) is 43.5 Å². The van der Waals surface area contributed by atoms with E-state index in [0.717, 1.165) is 36.9 Å². The zero-order valence-electron chi connectivity index (χ0n) is 15.0. The van der Waals surface area contributed by atoms with Gasteiger partial charge in [-0.1, -0.05) is 29.3 Å². The third-order valence-corrected chi connectivity index (χ3v) is 5.10. The van der Waals surface area contributed by atoms with E-state index < -0.39 is 0 Å². The number of halogens is 2. The molecule has 0 bridgehead atoms. The van der Waals surface area contributed by atoms with Crippen molar-refractivity contribution in [3.8, 4) is 6.07 Å². The van der Waals surface area contributed by atoms with Gasteiger partial charge in [-0.25, -0.2) is 0 Å². The van der Waals surface area contributed by atoms with Crippen molar-refractivity contribution in [2.75, 3.05) is 42.9 Å². The first-order chi connectivity index (χ1) is 13.0. The van der Waals surface area contributed by atoms with Gasteiger partial charge in [0.2, 0.25) is 5.91 Å². The molecule has 0 spiro atoms. The second-order valence-electron chi connectivity index (χ2n) is 6.54. The van der Waals surface area contributed by atoms with Crippen molar-refractivity contribution in [1.29, 1.82) is 5.26 Å². The van der Waals surface area contributed by atoms with Crippen LogP contribution >= 0.6 is 23.2 Å². The highest BCUT2D eigenvalue weighted by Crippen LogP contribution is 2.25. The fraction of sp³-hybridized carbons (Fsp3) is 0.300. The lowest BCUT2D eigenvalue weighted by molar-refractivity contribution is -0.117. The van der Waals surface area contributed by atoms with Gasteiger partial charge in [-0.3, -0.25) is 9.69 Å². The van der Waals surface area contributed by atoms with Gasteiger partial charge in [-0.05, 0) is 42.8 Å². The predicted octanol–water partition coefficient (Wildman–Crippen LogP) is 3.93. The lowest BCUT2D eigenvalue weighted by Crippen LogP contribution is -2.48. The molecule has 27 heavy (non-hydrogen) atoms. The molecule has 1 fully saturated rings. The highest BCUT2D eigenvalue weighted by Gasteiger charge is 2.20. The van der Waals surface area contributed by atoms with Crippen molar-refractivity contribution in [3.63, 3.8) is 0 Å². The molecule has 2 aromatic carbocycles. The Hall–Kier alpha value is -2.26. The highest BCUT2D eigenvalue weighted by atomic mass is 35.5. The number of anilines is 2. The molecule has 1 amide bonds. The number of aryl methyl sites for hydroxylation is 1. The van der Waals surface area contributed by atoms with Crippen LogP contribution in [0.3, 0.4) is 0 Å². The molecule has 3 rings (SSSR count). The molecule has 7 heteroatoms. The Kier molecular flexibility index (Phi) is 6.22. The Morgan fingerprint density at radius 1 is 1.11 bits per heavy atom. The van der Waals surface area contributed by atoms with Crippen molar-refractivity contribution in [2.24, 2.45) is 0 Å². The first-order valence-corrected chi connectivity index (χ1v) is 9.45. The van der Waals surface area contributed by atoms with Crippen molar-refractivity contribution >= 4 is 40.5 Å². The lowest BCUT2D eigenvalue weighted by atomic mass is 10.1. The summed E-state index contributed by atoms with van der Waals surface area (Å²) in [6, 6.07) is 12.8. The van der Waals surface area contributed by atoms with E-state index in [0.29, 0.717) is 16.3 Å². The summed E-state index contributed by atoms with van der Waals surface area (Å²) >= 11 is 12.1. The summed E-state index contributed by atoms with van der Waals surface area (Å²) in [5, 5.41) is 13.2. The van der Waals surface area contributed by atoms with Gasteiger partial charge in [0, 0.05) is 41.9 Å². The zero-order valence-corrected chi connectivity index (χ0v) is 16.5. The van der Waals surface area contributed by atoms with E-state index in [1.54, 1.807) is 18.2 Å². The molecule has 0 atom stereocenters. The normalized spacial score (nSPS) is 14.7. The number of benzene rings is 2. The molecule has 1 aliphatic heterocycles. The minimum atomic E-state index is -0.152. The quantitative estimate of drug-likeness (QED) is 0.841. The van der Waals surface area contributed by atoms with Crippen molar-refractivity contribution in [2.45, 2.75) is 6.92 Å². The third-order valence-electron chi connectivity index (χ3n) is 4.63. The van der Waals surface area contributed by atoms with Gasteiger partial charge < -0.3 is 10.2 Å². The van der Waals surface area contributed by atoms with Crippen LogP contribution in [0.1, 0.15) is 11.1 Å². The van der Waals surface area contributed by atoms with E-state index >= 15 is 0 Å². The van der Waals surface area contributed by atoms with E-state index in [-0.39, 0.29) is 12.5 Å². The van der Waals surface area contributed by atoms with Gasteiger partial charge in [0.05, 0.1) is 17.8 Å². The molecule has 1 aliphatic rings. The number of nitrogens with zero attached hydrogens (tertiary/aromatic N) is 3. The number of piperazine rings is 1. The molecule has 0 aromatic heterocycles. The Morgan fingerprint density at radius 2 is 1.78 bits per heavy atom. The molecule has 2 aromatic rings. The summed E-state index contributed by atoms with van der Waals surface area (Å²) in [6.07, 6.45) is 0. The summed E-state index contributed by atoms with van der Waals surface area (Å²) in [5.74, 6) is -0.152. The molecule has 140 valence electrons. The largest absolute Gasteiger partial charge is 0.369 e. The van der Waals surface area contributed by atoms with Gasteiger partial charge >= 0.3 is 0 Å². The first kappa shape index (κ1) is 19.5. The molecule has 0 aliphatic carbocycles. The van der Waals surface area contributed by atoms with Gasteiger partial charge in [-0.2, -0.15) is 5.26 Å². The second kappa shape index (κ2) is 8.62. The van der Waals surface area contributed by atoms with Crippen LogP contribution in [0.25, 0.3) is 0 Å². The van der Waals surface area contributed by atoms with Crippen LogP contribution in [0, 0.1) is 18.3 Å². The zero-order chi connectivity index (χ0) is 19.4. The van der Waals surface area contributed by atoms with E-state index in [4.69, 9.17) is 28.5 Å². The SMILES string of the molecule is Cc1ccc(Cl)cc1N1CCN(CC(=O)Nc2cc(Cl)ccc2C#N)CC1. The van der Waals surface area contributed by atoms with E-state index in [1.807, 2.05) is 18.2 Å². The van der Waals surface area contributed by atoms with Crippen LogP contribution < -0.4 is 10.2 Å². The Morgan fingerprint density at radius 3 is 2.48 bits per heavy atom. The van der Waals surface area contributed by atoms with Gasteiger partial charge in [0.15, 0.2) is 0 Å². The van der Waals surface area contributed by atoms with Crippen LogP contribution in [-0.2, 0) is 4.79 Å². The minimum absolute atomic E-state index is 0.152. The fourth-order valence-corrected chi connectivity index (χ4v) is 3.52. The molecule has 1 N–H and O–H groups in total. The van der Waals surface area contributed by atoms with Gasteiger partial charge in [0.25, 0.3) is 0 Å². The van der Waals surface area contributed by atoms with Gasteiger partial charge in [0.1, 0.15) is 6.07 Å². The summed E-state index contributed by atoms with van der Waals surface area (Å²) in [4.78, 5) is 16.8. The topological polar surface area (TPSA) is 59.4 Å². The molecule has 1 heterocycles. The van der Waals surface area contributed by atoms with E-state index in [1.165, 1.54) is 5.56 Å². The molecule has 1 saturated heterocycles. The summed E-state index contributed by atoms with van der Waals surface area (Å²) in [5.41, 5.74) is 3.18. The standard InChI is InChI=1S/C20H20Cl2N4O/c1-14-2-4-17(22)11-19(14)26-8-6-25(7-9-26)13-20(27)24-18-10-16(21)5-3-15(18)12-23/h2-5,10-11H,6-9,13H2,1H3,(H,24,27). The van der Waals surface area contributed by atoms with Gasteiger partial charge in [-0.15, -0.1) is 0 Å². The Bertz CT molecular complexity index is 886. The van der Waals surface area contributed by atoms with Crippen molar-refractivity contribution in [3.05, 3.63) is 57.6 Å². The average molecular weight is 403 g/mol. The fourth-order valence-electron chi connectivity index (χ4n) is 3.18. The number of carbonyl (C=O) groups is 1. The van der Waals surface area contributed by atoms with Crippen molar-refractivity contribution < 1.29 is 4.79 Å². The number of carbonyl (C=O) groups excluding carboxylic acids is 1. The Labute approximate surface area is 169 Å². The number of hydrogen-bond acceptors (Lipinski definition) is 4. The first-order valence-electron chi connectivity index (χ1n) is 8.69. The number of rotatable bonds is 4. The maximum absolute atomic E-state index is 12.4. The average Bonchev–Trinajstić information content (AvgIpc) is 2.64. The molecule has 0 saturated carbocycles.